The van der Waals surface area contributed by atoms with Crippen LogP contribution in [0.3, 0.4) is 0 Å². The molecule has 0 amide bonds. The molecule has 4 heterocycles. The van der Waals surface area contributed by atoms with Crippen LogP contribution in [0, 0.1) is 0 Å². The van der Waals surface area contributed by atoms with Crippen LogP contribution in [0.25, 0.3) is 33.3 Å². The number of likely N-dealkylation sites (tertiary alicyclic amines) is 1. The van der Waals surface area contributed by atoms with E-state index in [-0.39, 0.29) is 0 Å². The van der Waals surface area contributed by atoms with E-state index in [1.165, 1.54) is 37.1 Å². The number of fused-ring (bicyclic) bond motifs is 3. The van der Waals surface area contributed by atoms with Crippen LogP contribution >= 0.6 is 11.6 Å². The molecule has 1 N–H and O–H groups in total. The Morgan fingerprint density at radius 1 is 0.969 bits per heavy atom. The molecule has 6 rings (SSSR count). The van der Waals surface area contributed by atoms with Gasteiger partial charge in [0.25, 0.3) is 0 Å². The van der Waals surface area contributed by atoms with Gasteiger partial charge in [-0.1, -0.05) is 48.0 Å². The van der Waals surface area contributed by atoms with Gasteiger partial charge in [-0.25, -0.2) is 4.98 Å². The molecule has 0 aliphatic carbocycles. The van der Waals surface area contributed by atoms with Crippen LogP contribution < -0.4 is 0 Å². The van der Waals surface area contributed by atoms with Crippen LogP contribution in [-0.2, 0) is 6.54 Å². The lowest BCUT2D eigenvalue weighted by Crippen LogP contribution is -2.51. The van der Waals surface area contributed by atoms with Crippen molar-refractivity contribution in [3.63, 3.8) is 0 Å². The fourth-order valence-electron chi connectivity index (χ4n) is 5.53. The molecule has 2 atom stereocenters. The Morgan fingerprint density at radius 2 is 1.75 bits per heavy atom. The summed E-state index contributed by atoms with van der Waals surface area (Å²) in [5, 5.41) is 1.85. The largest absolute Gasteiger partial charge is 0.346 e. The van der Waals surface area contributed by atoms with Gasteiger partial charge in [0.1, 0.15) is 5.65 Å². The molecule has 32 heavy (non-hydrogen) atoms. The summed E-state index contributed by atoms with van der Waals surface area (Å²) in [4.78, 5) is 13.2. The Labute approximate surface area is 193 Å². The molecule has 0 spiro atoms. The van der Waals surface area contributed by atoms with Crippen molar-refractivity contribution in [1.29, 1.82) is 0 Å². The quantitative estimate of drug-likeness (QED) is 0.432. The zero-order valence-corrected chi connectivity index (χ0v) is 19.0. The Kier molecular flexibility index (Phi) is 5.02. The van der Waals surface area contributed by atoms with Crippen LogP contribution in [0.5, 0.6) is 0 Å². The fraction of sp³-hybridized carbons (Fsp3) is 0.296. The van der Waals surface area contributed by atoms with E-state index in [1.54, 1.807) is 0 Å². The molecule has 2 unspecified atom stereocenters. The molecular weight excluding hydrogens is 416 g/mol. The Morgan fingerprint density at radius 3 is 2.50 bits per heavy atom. The minimum absolute atomic E-state index is 0.712. The first-order chi connectivity index (χ1) is 15.6. The number of H-pyrrole nitrogens is 1. The van der Waals surface area contributed by atoms with Crippen molar-refractivity contribution in [1.82, 2.24) is 19.8 Å². The molecule has 2 aromatic heterocycles. The molecular formula is C27H27ClN4. The first-order valence-corrected chi connectivity index (χ1v) is 11.8. The molecule has 2 fully saturated rings. The average molecular weight is 443 g/mol. The number of benzene rings is 2. The van der Waals surface area contributed by atoms with Crippen LogP contribution in [-0.4, -0.2) is 52.0 Å². The Bertz CT molecular complexity index is 1250. The molecule has 5 heteroatoms. The predicted molar refractivity (Wildman–Crippen MR) is 132 cm³/mol. The molecule has 2 aliphatic heterocycles. The van der Waals surface area contributed by atoms with Crippen molar-refractivity contribution < 1.29 is 0 Å². The third-order valence-corrected chi connectivity index (χ3v) is 7.37. The molecule has 2 saturated heterocycles. The normalized spacial score (nSPS) is 21.4. The van der Waals surface area contributed by atoms with Crippen LogP contribution in [0.2, 0.25) is 5.02 Å². The maximum atomic E-state index is 6.22. The highest BCUT2D eigenvalue weighted by Crippen LogP contribution is 2.33. The van der Waals surface area contributed by atoms with E-state index >= 15 is 0 Å². The maximum absolute atomic E-state index is 6.22. The second kappa shape index (κ2) is 8.04. The number of aromatic nitrogens is 2. The summed E-state index contributed by atoms with van der Waals surface area (Å²) in [5.74, 6) is 0. The van der Waals surface area contributed by atoms with E-state index in [0.29, 0.717) is 12.1 Å². The van der Waals surface area contributed by atoms with Gasteiger partial charge in [-0.2, -0.15) is 0 Å². The molecule has 2 aliphatic rings. The number of nitrogens with zero attached hydrogens (tertiary/aromatic N) is 3. The van der Waals surface area contributed by atoms with Gasteiger partial charge in [-0.15, -0.1) is 0 Å². The van der Waals surface area contributed by atoms with Crippen molar-refractivity contribution in [2.24, 2.45) is 0 Å². The lowest BCUT2D eigenvalue weighted by molar-refractivity contribution is 0.0760. The Balaban J connectivity index is 1.26. The number of rotatable bonds is 4. The van der Waals surface area contributed by atoms with Crippen molar-refractivity contribution >= 4 is 22.6 Å². The monoisotopic (exact) mass is 442 g/mol. The minimum Gasteiger partial charge on any atom is -0.346 e. The van der Waals surface area contributed by atoms with Crippen molar-refractivity contribution in [3.8, 4) is 22.3 Å². The zero-order valence-electron chi connectivity index (χ0n) is 18.3. The molecule has 0 saturated carbocycles. The number of aromatic amines is 1. The van der Waals surface area contributed by atoms with E-state index in [0.717, 1.165) is 39.3 Å². The number of hydrogen-bond acceptors (Lipinski definition) is 3. The topological polar surface area (TPSA) is 35.2 Å². The summed E-state index contributed by atoms with van der Waals surface area (Å²) in [5.41, 5.74) is 6.84. The summed E-state index contributed by atoms with van der Waals surface area (Å²) in [6, 6.07) is 20.7. The highest BCUT2D eigenvalue weighted by Gasteiger charge is 2.38. The van der Waals surface area contributed by atoms with E-state index < -0.39 is 0 Å². The highest BCUT2D eigenvalue weighted by atomic mass is 35.5. The van der Waals surface area contributed by atoms with Gasteiger partial charge in [-0.05, 0) is 54.8 Å². The highest BCUT2D eigenvalue weighted by molar-refractivity contribution is 6.30. The van der Waals surface area contributed by atoms with Gasteiger partial charge in [0, 0.05) is 65.6 Å². The van der Waals surface area contributed by atoms with Crippen LogP contribution in [0.4, 0.5) is 0 Å². The smallest absolute Gasteiger partial charge is 0.137 e. The average Bonchev–Trinajstić information content (AvgIpc) is 3.32. The first-order valence-electron chi connectivity index (χ1n) is 11.4. The second-order valence-electron chi connectivity index (χ2n) is 9.31. The van der Waals surface area contributed by atoms with E-state index in [2.05, 4.69) is 63.2 Å². The molecule has 2 bridgehead atoms. The van der Waals surface area contributed by atoms with Gasteiger partial charge in [0.05, 0.1) is 0 Å². The number of halogens is 1. The van der Waals surface area contributed by atoms with E-state index in [1.807, 2.05) is 30.6 Å². The van der Waals surface area contributed by atoms with Crippen molar-refractivity contribution in [2.75, 3.05) is 20.1 Å². The second-order valence-corrected chi connectivity index (χ2v) is 9.74. The third-order valence-electron chi connectivity index (χ3n) is 7.14. The molecule has 162 valence electrons. The van der Waals surface area contributed by atoms with Gasteiger partial charge in [0.2, 0.25) is 0 Å². The van der Waals surface area contributed by atoms with Gasteiger partial charge in [-0.3, -0.25) is 4.90 Å². The maximum Gasteiger partial charge on any atom is 0.137 e. The summed E-state index contributed by atoms with van der Waals surface area (Å²) in [7, 11) is 2.25. The molecule has 4 nitrogen and oxygen atoms in total. The fourth-order valence-corrected chi connectivity index (χ4v) is 5.72. The standard InChI is InChI=1S/C27H27ClN4/c1-31-16-23-9-10-24(17-31)32(23)15-18-5-7-19(8-6-18)21-12-25-26(14-30-27(25)29-13-21)20-3-2-4-22(28)11-20/h2-8,11-14,23-24H,9-10,15-17H2,1H3,(H,29,30). The summed E-state index contributed by atoms with van der Waals surface area (Å²) in [6.07, 6.45) is 6.64. The SMILES string of the molecule is CN1CC2CCC(C1)N2Cc1ccc(-c2cnc3[nH]cc(-c4cccc(Cl)c4)c3c2)cc1. The number of hydrogen-bond donors (Lipinski definition) is 1. The number of piperazine rings is 1. The zero-order chi connectivity index (χ0) is 21.7. The number of likely N-dealkylation sites (N-methyl/N-ethyl adjacent to an activating group) is 1. The summed E-state index contributed by atoms with van der Waals surface area (Å²) >= 11 is 6.22. The molecule has 2 aromatic carbocycles. The molecule has 0 radical (unpaired) electrons. The van der Waals surface area contributed by atoms with Crippen LogP contribution in [0.1, 0.15) is 18.4 Å². The van der Waals surface area contributed by atoms with E-state index in [4.69, 9.17) is 11.6 Å². The lowest BCUT2D eigenvalue weighted by atomic mass is 10.0. The lowest BCUT2D eigenvalue weighted by Gasteiger charge is -2.39. The van der Waals surface area contributed by atoms with Crippen molar-refractivity contribution in [2.45, 2.75) is 31.5 Å². The Hall–Kier alpha value is -2.66. The first kappa shape index (κ1) is 20.0. The van der Waals surface area contributed by atoms with Gasteiger partial charge >= 0.3 is 0 Å². The van der Waals surface area contributed by atoms with Crippen LogP contribution in [0.15, 0.2) is 67.0 Å². The number of pyridine rings is 1. The minimum atomic E-state index is 0.712. The molecule has 4 aromatic rings. The third kappa shape index (κ3) is 3.62. The number of nitrogens with one attached hydrogen (secondary N) is 1. The summed E-state index contributed by atoms with van der Waals surface area (Å²) < 4.78 is 0. The van der Waals surface area contributed by atoms with Crippen molar-refractivity contribution in [3.05, 3.63) is 77.6 Å². The van der Waals surface area contributed by atoms with Gasteiger partial charge in [0.15, 0.2) is 0 Å². The summed E-state index contributed by atoms with van der Waals surface area (Å²) in [6.45, 7) is 3.45. The van der Waals surface area contributed by atoms with Gasteiger partial charge < -0.3 is 9.88 Å². The van der Waals surface area contributed by atoms with E-state index in [9.17, 15) is 0 Å². The predicted octanol–water partition coefficient (Wildman–Crippen LogP) is 5.83.